The molecule has 0 unspecified atom stereocenters. The van der Waals surface area contributed by atoms with Crippen LogP contribution in [0.3, 0.4) is 0 Å². The number of nitrogens with two attached hydrogens (primary N) is 1. The van der Waals surface area contributed by atoms with Crippen molar-refractivity contribution >= 4 is 0 Å². The molecule has 19 heavy (non-hydrogen) atoms. The lowest BCUT2D eigenvalue weighted by Crippen LogP contribution is -1.99. The van der Waals surface area contributed by atoms with Crippen molar-refractivity contribution in [2.24, 2.45) is 5.73 Å². The molecule has 0 radical (unpaired) electrons. The summed E-state index contributed by atoms with van der Waals surface area (Å²) in [6.45, 7) is 6.98. The van der Waals surface area contributed by atoms with Crippen molar-refractivity contribution in [2.75, 3.05) is 0 Å². The van der Waals surface area contributed by atoms with E-state index in [1.807, 2.05) is 30.3 Å². The van der Waals surface area contributed by atoms with Crippen molar-refractivity contribution in [3.8, 4) is 11.5 Å². The van der Waals surface area contributed by atoms with E-state index < -0.39 is 0 Å². The molecule has 0 aliphatic carbocycles. The number of rotatable bonds is 4. The zero-order valence-electron chi connectivity index (χ0n) is 11.8. The third kappa shape index (κ3) is 3.36. The molecule has 2 aromatic carbocycles. The molecular weight excluding hydrogens is 234 g/mol. The first kappa shape index (κ1) is 13.6. The molecule has 0 aromatic heterocycles. The fourth-order valence-electron chi connectivity index (χ4n) is 2.03. The van der Waals surface area contributed by atoms with E-state index in [4.69, 9.17) is 10.5 Å². The molecule has 0 aliphatic heterocycles. The summed E-state index contributed by atoms with van der Waals surface area (Å²) in [6, 6.07) is 14.3. The maximum atomic E-state index is 5.91. The second-order valence-electron chi connectivity index (χ2n) is 5.12. The van der Waals surface area contributed by atoms with Gasteiger partial charge in [-0.25, -0.2) is 0 Å². The van der Waals surface area contributed by atoms with E-state index in [9.17, 15) is 0 Å². The summed E-state index contributed by atoms with van der Waals surface area (Å²) < 4.78 is 5.91. The van der Waals surface area contributed by atoms with Gasteiger partial charge in [0.2, 0.25) is 0 Å². The Balaban J connectivity index is 2.21. The van der Waals surface area contributed by atoms with E-state index >= 15 is 0 Å². The van der Waals surface area contributed by atoms with Crippen LogP contribution in [0.1, 0.15) is 36.5 Å². The summed E-state index contributed by atoms with van der Waals surface area (Å²) in [4.78, 5) is 0. The van der Waals surface area contributed by atoms with Crippen LogP contribution >= 0.6 is 0 Å². The van der Waals surface area contributed by atoms with Crippen LogP contribution in [-0.2, 0) is 6.54 Å². The highest BCUT2D eigenvalue weighted by atomic mass is 16.5. The zero-order chi connectivity index (χ0) is 13.8. The molecule has 0 saturated carbocycles. The SMILES string of the molecule is Cc1cc(Oc2cccc(C(C)C)c2)ccc1CN. The number of hydrogen-bond donors (Lipinski definition) is 1. The van der Waals surface area contributed by atoms with Crippen molar-refractivity contribution in [2.45, 2.75) is 33.2 Å². The van der Waals surface area contributed by atoms with Crippen LogP contribution in [0.4, 0.5) is 0 Å². The van der Waals surface area contributed by atoms with E-state index in [2.05, 4.69) is 32.9 Å². The lowest BCUT2D eigenvalue weighted by Gasteiger charge is -2.11. The van der Waals surface area contributed by atoms with Crippen LogP contribution in [0.2, 0.25) is 0 Å². The van der Waals surface area contributed by atoms with Gasteiger partial charge in [0.25, 0.3) is 0 Å². The van der Waals surface area contributed by atoms with E-state index in [1.54, 1.807) is 0 Å². The Morgan fingerprint density at radius 3 is 2.42 bits per heavy atom. The molecule has 0 amide bonds. The van der Waals surface area contributed by atoms with Gasteiger partial charge in [0.1, 0.15) is 11.5 Å². The predicted octanol–water partition coefficient (Wildman–Crippen LogP) is 4.37. The summed E-state index contributed by atoms with van der Waals surface area (Å²) in [6.07, 6.45) is 0. The van der Waals surface area contributed by atoms with Gasteiger partial charge in [-0.05, 0) is 53.8 Å². The Kier molecular flexibility index (Phi) is 4.23. The first-order valence-electron chi connectivity index (χ1n) is 6.67. The van der Waals surface area contributed by atoms with Crippen molar-refractivity contribution in [1.82, 2.24) is 0 Å². The minimum Gasteiger partial charge on any atom is -0.457 e. The van der Waals surface area contributed by atoms with Crippen LogP contribution in [0, 0.1) is 6.92 Å². The van der Waals surface area contributed by atoms with Gasteiger partial charge in [-0.15, -0.1) is 0 Å². The fourth-order valence-corrected chi connectivity index (χ4v) is 2.03. The predicted molar refractivity (Wildman–Crippen MR) is 79.7 cm³/mol. The normalized spacial score (nSPS) is 10.8. The first-order valence-corrected chi connectivity index (χ1v) is 6.67. The number of aryl methyl sites for hydroxylation is 1. The van der Waals surface area contributed by atoms with Gasteiger partial charge in [-0.2, -0.15) is 0 Å². The number of benzene rings is 2. The smallest absolute Gasteiger partial charge is 0.127 e. The summed E-state index contributed by atoms with van der Waals surface area (Å²) >= 11 is 0. The molecule has 2 N–H and O–H groups in total. The average molecular weight is 255 g/mol. The molecule has 0 bridgehead atoms. The summed E-state index contributed by atoms with van der Waals surface area (Å²) in [7, 11) is 0. The highest BCUT2D eigenvalue weighted by Gasteiger charge is 2.04. The van der Waals surface area contributed by atoms with E-state index in [0.717, 1.165) is 17.1 Å². The Morgan fingerprint density at radius 2 is 1.79 bits per heavy atom. The van der Waals surface area contributed by atoms with Crippen molar-refractivity contribution in [3.63, 3.8) is 0 Å². The van der Waals surface area contributed by atoms with Crippen LogP contribution in [-0.4, -0.2) is 0 Å². The number of ether oxygens (including phenoxy) is 1. The standard InChI is InChI=1S/C17H21NO/c1-12(2)14-5-4-6-16(10-14)19-17-8-7-15(11-18)13(3)9-17/h4-10,12H,11,18H2,1-3H3. The van der Waals surface area contributed by atoms with Gasteiger partial charge in [0.05, 0.1) is 0 Å². The molecule has 0 heterocycles. The van der Waals surface area contributed by atoms with Gasteiger partial charge < -0.3 is 10.5 Å². The van der Waals surface area contributed by atoms with Gasteiger partial charge in [-0.3, -0.25) is 0 Å². The van der Waals surface area contributed by atoms with Crippen molar-refractivity contribution in [1.29, 1.82) is 0 Å². The summed E-state index contributed by atoms with van der Waals surface area (Å²) in [5, 5.41) is 0. The molecule has 0 saturated heterocycles. The van der Waals surface area contributed by atoms with Gasteiger partial charge in [0, 0.05) is 6.54 Å². The third-order valence-electron chi connectivity index (χ3n) is 3.29. The Labute approximate surface area is 115 Å². The maximum absolute atomic E-state index is 5.91. The lowest BCUT2D eigenvalue weighted by atomic mass is 10.0. The summed E-state index contributed by atoms with van der Waals surface area (Å²) in [5.74, 6) is 2.24. The molecule has 2 aromatic rings. The van der Waals surface area contributed by atoms with E-state index in [-0.39, 0.29) is 0 Å². The molecule has 2 nitrogen and oxygen atoms in total. The molecule has 0 fully saturated rings. The van der Waals surface area contributed by atoms with Gasteiger partial charge in [-0.1, -0.05) is 32.0 Å². The monoisotopic (exact) mass is 255 g/mol. The molecule has 2 rings (SSSR count). The van der Waals surface area contributed by atoms with Gasteiger partial charge in [0.15, 0.2) is 0 Å². The maximum Gasteiger partial charge on any atom is 0.127 e. The Bertz CT molecular complexity index is 561. The molecule has 100 valence electrons. The topological polar surface area (TPSA) is 35.2 Å². The van der Waals surface area contributed by atoms with E-state index in [1.165, 1.54) is 11.1 Å². The first-order chi connectivity index (χ1) is 9.10. The lowest BCUT2D eigenvalue weighted by molar-refractivity contribution is 0.481. The molecule has 0 aliphatic rings. The van der Waals surface area contributed by atoms with Crippen molar-refractivity contribution in [3.05, 3.63) is 59.2 Å². The second-order valence-corrected chi connectivity index (χ2v) is 5.12. The summed E-state index contributed by atoms with van der Waals surface area (Å²) in [5.41, 5.74) is 9.27. The molecule has 0 spiro atoms. The highest BCUT2D eigenvalue weighted by Crippen LogP contribution is 2.26. The zero-order valence-corrected chi connectivity index (χ0v) is 11.8. The van der Waals surface area contributed by atoms with Crippen LogP contribution < -0.4 is 10.5 Å². The van der Waals surface area contributed by atoms with Crippen LogP contribution in [0.25, 0.3) is 0 Å². The Morgan fingerprint density at radius 1 is 1.05 bits per heavy atom. The highest BCUT2D eigenvalue weighted by molar-refractivity contribution is 5.39. The molecule has 0 atom stereocenters. The minimum atomic E-state index is 0.505. The number of hydrogen-bond acceptors (Lipinski definition) is 2. The molecular formula is C17H21NO. The van der Waals surface area contributed by atoms with Gasteiger partial charge >= 0.3 is 0 Å². The average Bonchev–Trinajstić information content (AvgIpc) is 2.39. The second kappa shape index (κ2) is 5.89. The van der Waals surface area contributed by atoms with Crippen LogP contribution in [0.15, 0.2) is 42.5 Å². The minimum absolute atomic E-state index is 0.505. The quantitative estimate of drug-likeness (QED) is 0.880. The Hall–Kier alpha value is -1.80. The third-order valence-corrected chi connectivity index (χ3v) is 3.29. The van der Waals surface area contributed by atoms with Crippen LogP contribution in [0.5, 0.6) is 11.5 Å². The largest absolute Gasteiger partial charge is 0.457 e. The van der Waals surface area contributed by atoms with Crippen molar-refractivity contribution < 1.29 is 4.74 Å². The fraction of sp³-hybridized carbons (Fsp3) is 0.294. The van der Waals surface area contributed by atoms with E-state index in [0.29, 0.717) is 12.5 Å². The molecule has 2 heteroatoms.